The van der Waals surface area contributed by atoms with Crippen LogP contribution < -0.4 is 10.1 Å². The fourth-order valence-corrected chi connectivity index (χ4v) is 4.17. The number of nitrogens with one attached hydrogen (secondary N) is 1. The Hall–Kier alpha value is -2.18. The molecule has 0 bridgehead atoms. The van der Waals surface area contributed by atoms with Crippen molar-refractivity contribution >= 4 is 16.9 Å². The fourth-order valence-electron chi connectivity index (χ4n) is 4.17. The Morgan fingerprint density at radius 1 is 1.44 bits per heavy atom. The molecule has 0 amide bonds. The molecule has 2 fully saturated rings. The average Bonchev–Trinajstić information content (AvgIpc) is 3.13. The van der Waals surface area contributed by atoms with Crippen LogP contribution in [-0.2, 0) is 11.3 Å². The maximum absolute atomic E-state index is 11.8. The first-order valence-electron chi connectivity index (χ1n) is 8.80. The van der Waals surface area contributed by atoms with E-state index < -0.39 is 11.4 Å². The van der Waals surface area contributed by atoms with E-state index in [9.17, 15) is 9.90 Å². The van der Waals surface area contributed by atoms with Crippen LogP contribution in [0.15, 0.2) is 30.3 Å². The molecular formula is C19H23N3O3. The topological polar surface area (TPSA) is 74.7 Å². The van der Waals surface area contributed by atoms with Gasteiger partial charge in [-0.3, -0.25) is 14.7 Å². The Morgan fingerprint density at radius 2 is 2.32 bits per heavy atom. The molecule has 6 heteroatoms. The van der Waals surface area contributed by atoms with Gasteiger partial charge in [-0.15, -0.1) is 0 Å². The zero-order chi connectivity index (χ0) is 17.4. The van der Waals surface area contributed by atoms with Gasteiger partial charge in [0.1, 0.15) is 5.75 Å². The molecule has 0 saturated carbocycles. The van der Waals surface area contributed by atoms with Crippen molar-refractivity contribution in [3.8, 4) is 5.75 Å². The first-order chi connectivity index (χ1) is 12.1. The molecule has 25 heavy (non-hydrogen) atoms. The molecule has 0 aliphatic carbocycles. The summed E-state index contributed by atoms with van der Waals surface area (Å²) < 4.78 is 5.53. The highest BCUT2D eigenvalue weighted by atomic mass is 16.5. The molecule has 1 aromatic heterocycles. The Kier molecular flexibility index (Phi) is 4.09. The van der Waals surface area contributed by atoms with Crippen LogP contribution >= 0.6 is 0 Å². The number of aromatic nitrogens is 1. The van der Waals surface area contributed by atoms with E-state index in [0.29, 0.717) is 26.2 Å². The number of ether oxygens (including phenoxy) is 1. The molecule has 2 N–H and O–H groups in total. The van der Waals surface area contributed by atoms with E-state index in [4.69, 9.17) is 9.72 Å². The van der Waals surface area contributed by atoms with Crippen LogP contribution in [-0.4, -0.2) is 53.7 Å². The maximum Gasteiger partial charge on any atom is 0.312 e. The van der Waals surface area contributed by atoms with Crippen LogP contribution in [0, 0.1) is 11.3 Å². The van der Waals surface area contributed by atoms with E-state index in [1.165, 1.54) is 0 Å². The fraction of sp³-hybridized carbons (Fsp3) is 0.474. The van der Waals surface area contributed by atoms with Crippen molar-refractivity contribution in [3.05, 3.63) is 36.0 Å². The third-order valence-electron chi connectivity index (χ3n) is 5.44. The first-order valence-corrected chi connectivity index (χ1v) is 8.80. The van der Waals surface area contributed by atoms with Crippen molar-refractivity contribution in [1.82, 2.24) is 15.2 Å². The SMILES string of the molecule is CCOc1ccc2nc(CN3C[C@@H]4CNC[C@]4(C(=O)O)C3)ccc2c1. The number of fused-ring (bicyclic) bond motifs is 2. The van der Waals surface area contributed by atoms with Crippen molar-refractivity contribution in [2.75, 3.05) is 32.8 Å². The summed E-state index contributed by atoms with van der Waals surface area (Å²) in [6.45, 7) is 6.05. The quantitative estimate of drug-likeness (QED) is 0.863. The molecule has 1 aromatic carbocycles. The minimum absolute atomic E-state index is 0.180. The van der Waals surface area contributed by atoms with Gasteiger partial charge < -0.3 is 15.2 Å². The summed E-state index contributed by atoms with van der Waals surface area (Å²) >= 11 is 0. The highest BCUT2D eigenvalue weighted by Gasteiger charge is 2.54. The van der Waals surface area contributed by atoms with Gasteiger partial charge in [0, 0.05) is 44.0 Å². The smallest absolute Gasteiger partial charge is 0.312 e. The van der Waals surface area contributed by atoms with Crippen LogP contribution in [0.3, 0.4) is 0 Å². The maximum atomic E-state index is 11.8. The van der Waals surface area contributed by atoms with E-state index in [1.807, 2.05) is 31.2 Å². The van der Waals surface area contributed by atoms with E-state index >= 15 is 0 Å². The van der Waals surface area contributed by atoms with Crippen LogP contribution in [0.5, 0.6) is 5.75 Å². The van der Waals surface area contributed by atoms with Crippen molar-refractivity contribution < 1.29 is 14.6 Å². The second-order valence-corrected chi connectivity index (χ2v) is 7.05. The summed E-state index contributed by atoms with van der Waals surface area (Å²) in [4.78, 5) is 18.7. The highest BCUT2D eigenvalue weighted by molar-refractivity contribution is 5.80. The average molecular weight is 341 g/mol. The number of pyridine rings is 1. The van der Waals surface area contributed by atoms with Crippen LogP contribution in [0.4, 0.5) is 0 Å². The van der Waals surface area contributed by atoms with Gasteiger partial charge in [0.05, 0.1) is 23.2 Å². The number of hydrogen-bond donors (Lipinski definition) is 2. The van der Waals surface area contributed by atoms with E-state index in [0.717, 1.165) is 35.4 Å². The molecule has 3 heterocycles. The molecule has 4 rings (SSSR count). The number of carbonyl (C=O) groups is 1. The number of carboxylic acids is 1. The van der Waals surface area contributed by atoms with Crippen LogP contribution in [0.2, 0.25) is 0 Å². The summed E-state index contributed by atoms with van der Waals surface area (Å²) in [7, 11) is 0. The van der Waals surface area contributed by atoms with Crippen LogP contribution in [0.25, 0.3) is 10.9 Å². The van der Waals surface area contributed by atoms with Gasteiger partial charge in [-0.1, -0.05) is 6.07 Å². The minimum Gasteiger partial charge on any atom is -0.494 e. The van der Waals surface area contributed by atoms with E-state index in [-0.39, 0.29) is 5.92 Å². The minimum atomic E-state index is -0.681. The zero-order valence-electron chi connectivity index (χ0n) is 14.4. The van der Waals surface area contributed by atoms with Gasteiger partial charge in [-0.2, -0.15) is 0 Å². The molecule has 2 atom stereocenters. The van der Waals surface area contributed by atoms with Crippen molar-refractivity contribution in [2.45, 2.75) is 13.5 Å². The monoisotopic (exact) mass is 341 g/mol. The molecule has 6 nitrogen and oxygen atoms in total. The standard InChI is InChI=1S/C19H23N3O3/c1-2-25-16-5-6-17-13(7-16)3-4-15(21-17)10-22-9-14-8-20-11-19(14,12-22)18(23)24/h3-7,14,20H,2,8-12H2,1H3,(H,23,24)/t14-,19-/m0/s1. The number of carboxylic acid groups (broad SMARTS) is 1. The number of rotatable bonds is 5. The molecule has 2 aliphatic rings. The van der Waals surface area contributed by atoms with Gasteiger partial charge in [0.15, 0.2) is 0 Å². The normalized spacial score (nSPS) is 26.0. The van der Waals surface area contributed by atoms with E-state index in [2.05, 4.69) is 16.3 Å². The lowest BCUT2D eigenvalue weighted by molar-refractivity contribution is -0.148. The Labute approximate surface area is 146 Å². The number of likely N-dealkylation sites (tertiary alicyclic amines) is 1. The molecule has 0 spiro atoms. The Morgan fingerprint density at radius 3 is 3.08 bits per heavy atom. The second-order valence-electron chi connectivity index (χ2n) is 7.05. The Balaban J connectivity index is 1.51. The summed E-state index contributed by atoms with van der Waals surface area (Å²) in [6.07, 6.45) is 0. The van der Waals surface area contributed by atoms with Gasteiger partial charge in [0.25, 0.3) is 0 Å². The third-order valence-corrected chi connectivity index (χ3v) is 5.44. The van der Waals surface area contributed by atoms with Gasteiger partial charge >= 0.3 is 5.97 Å². The van der Waals surface area contributed by atoms with E-state index in [1.54, 1.807) is 0 Å². The molecular weight excluding hydrogens is 318 g/mol. The van der Waals surface area contributed by atoms with Gasteiger partial charge in [-0.25, -0.2) is 0 Å². The molecule has 0 unspecified atom stereocenters. The molecule has 2 saturated heterocycles. The molecule has 0 radical (unpaired) electrons. The first kappa shape index (κ1) is 16.3. The molecule has 2 aliphatic heterocycles. The molecule has 132 valence electrons. The van der Waals surface area contributed by atoms with Gasteiger partial charge in [-0.05, 0) is 31.2 Å². The molecule has 2 aromatic rings. The van der Waals surface area contributed by atoms with Crippen molar-refractivity contribution in [1.29, 1.82) is 0 Å². The van der Waals surface area contributed by atoms with Crippen LogP contribution in [0.1, 0.15) is 12.6 Å². The number of hydrogen-bond acceptors (Lipinski definition) is 5. The highest BCUT2D eigenvalue weighted by Crippen LogP contribution is 2.39. The lowest BCUT2D eigenvalue weighted by Crippen LogP contribution is -2.40. The largest absolute Gasteiger partial charge is 0.494 e. The number of nitrogens with zero attached hydrogens (tertiary/aromatic N) is 2. The lowest BCUT2D eigenvalue weighted by Gasteiger charge is -2.22. The number of benzene rings is 1. The third kappa shape index (κ3) is 2.85. The summed E-state index contributed by atoms with van der Waals surface area (Å²) in [5.41, 5.74) is 1.28. The predicted octanol–water partition coefficient (Wildman–Crippen LogP) is 1.74. The van der Waals surface area contributed by atoms with Gasteiger partial charge in [0.2, 0.25) is 0 Å². The summed E-state index contributed by atoms with van der Waals surface area (Å²) in [5, 5.41) is 14.0. The van der Waals surface area contributed by atoms with Crippen molar-refractivity contribution in [2.24, 2.45) is 11.3 Å². The lowest BCUT2D eigenvalue weighted by atomic mass is 9.81. The predicted molar refractivity (Wildman–Crippen MR) is 94.6 cm³/mol. The Bertz CT molecular complexity index is 810. The summed E-state index contributed by atoms with van der Waals surface area (Å²) in [5.74, 6) is 0.354. The van der Waals surface area contributed by atoms with Crippen molar-refractivity contribution in [3.63, 3.8) is 0 Å². The second kappa shape index (κ2) is 6.28. The summed E-state index contributed by atoms with van der Waals surface area (Å²) in [6, 6.07) is 10.0. The zero-order valence-corrected chi connectivity index (χ0v) is 14.4. The number of aliphatic carboxylic acids is 1.